The summed E-state index contributed by atoms with van der Waals surface area (Å²) in [4.78, 5) is 0. The summed E-state index contributed by atoms with van der Waals surface area (Å²) >= 11 is 0. The molecule has 0 aromatic heterocycles. The van der Waals surface area contributed by atoms with Crippen molar-refractivity contribution in [1.82, 2.24) is 0 Å². The third-order valence-corrected chi connectivity index (χ3v) is 1.92. The lowest BCUT2D eigenvalue weighted by Gasteiger charge is -2.24. The quantitative estimate of drug-likeness (QED) is 0.602. The fourth-order valence-electron chi connectivity index (χ4n) is 1.24. The SMILES string of the molecule is CCCOCC(C)OC(C)COC(C)(C)C. The molecule has 0 aliphatic rings. The Bertz CT molecular complexity index is 163. The first-order chi connectivity index (χ1) is 7.35. The first kappa shape index (κ1) is 15.9. The molecule has 0 aliphatic heterocycles. The number of ether oxygens (including phenoxy) is 3. The Morgan fingerprint density at radius 2 is 1.56 bits per heavy atom. The Balaban J connectivity index is 3.57. The Morgan fingerprint density at radius 1 is 1.00 bits per heavy atom. The zero-order chi connectivity index (χ0) is 12.6. The smallest absolute Gasteiger partial charge is 0.0785 e. The van der Waals surface area contributed by atoms with Gasteiger partial charge in [0, 0.05) is 6.61 Å². The van der Waals surface area contributed by atoms with Gasteiger partial charge in [-0.25, -0.2) is 0 Å². The minimum Gasteiger partial charge on any atom is -0.379 e. The molecule has 0 bridgehead atoms. The van der Waals surface area contributed by atoms with Crippen LogP contribution < -0.4 is 0 Å². The molecule has 0 amide bonds. The van der Waals surface area contributed by atoms with Gasteiger partial charge < -0.3 is 14.2 Å². The standard InChI is InChI=1S/C13H28O3/c1-7-8-14-9-11(2)16-12(3)10-15-13(4,5)6/h11-12H,7-10H2,1-6H3. The Hall–Kier alpha value is -0.120. The van der Waals surface area contributed by atoms with Gasteiger partial charge in [0.15, 0.2) is 0 Å². The molecule has 0 radical (unpaired) electrons. The van der Waals surface area contributed by atoms with Gasteiger partial charge in [0.05, 0.1) is 31.0 Å². The second-order valence-electron chi connectivity index (χ2n) is 5.26. The van der Waals surface area contributed by atoms with Crippen molar-refractivity contribution < 1.29 is 14.2 Å². The summed E-state index contributed by atoms with van der Waals surface area (Å²) in [7, 11) is 0. The maximum atomic E-state index is 5.74. The maximum Gasteiger partial charge on any atom is 0.0785 e. The van der Waals surface area contributed by atoms with Crippen LogP contribution >= 0.6 is 0 Å². The van der Waals surface area contributed by atoms with Crippen molar-refractivity contribution in [2.45, 2.75) is 65.8 Å². The van der Waals surface area contributed by atoms with Crippen LogP contribution in [-0.4, -0.2) is 37.6 Å². The van der Waals surface area contributed by atoms with E-state index in [4.69, 9.17) is 14.2 Å². The molecule has 0 saturated carbocycles. The van der Waals surface area contributed by atoms with Crippen molar-refractivity contribution in [1.29, 1.82) is 0 Å². The van der Waals surface area contributed by atoms with E-state index < -0.39 is 0 Å². The van der Waals surface area contributed by atoms with E-state index in [1.807, 2.05) is 34.6 Å². The molecule has 2 atom stereocenters. The summed E-state index contributed by atoms with van der Waals surface area (Å²) in [6.45, 7) is 14.4. The lowest BCUT2D eigenvalue weighted by atomic mass is 10.2. The van der Waals surface area contributed by atoms with E-state index in [0.717, 1.165) is 13.0 Å². The molecule has 0 N–H and O–H groups in total. The largest absolute Gasteiger partial charge is 0.379 e. The summed E-state index contributed by atoms with van der Waals surface area (Å²) in [6, 6.07) is 0. The molecule has 0 fully saturated rings. The van der Waals surface area contributed by atoms with Gasteiger partial charge in [-0.15, -0.1) is 0 Å². The molecule has 98 valence electrons. The number of hydrogen-bond acceptors (Lipinski definition) is 3. The molecule has 0 aromatic rings. The van der Waals surface area contributed by atoms with Crippen LogP contribution in [0.5, 0.6) is 0 Å². The van der Waals surface area contributed by atoms with Crippen LogP contribution in [0.2, 0.25) is 0 Å². The third kappa shape index (κ3) is 10.4. The van der Waals surface area contributed by atoms with Crippen molar-refractivity contribution in [2.24, 2.45) is 0 Å². The van der Waals surface area contributed by atoms with Crippen LogP contribution in [0, 0.1) is 0 Å². The zero-order valence-corrected chi connectivity index (χ0v) is 11.7. The third-order valence-electron chi connectivity index (χ3n) is 1.92. The predicted octanol–water partition coefficient (Wildman–Crippen LogP) is 3.02. The Labute approximate surface area is 100 Å². The molecule has 0 heterocycles. The molecule has 0 spiro atoms. The molecule has 0 rings (SSSR count). The van der Waals surface area contributed by atoms with E-state index >= 15 is 0 Å². The van der Waals surface area contributed by atoms with Crippen LogP contribution in [0.3, 0.4) is 0 Å². The second kappa shape index (κ2) is 8.04. The topological polar surface area (TPSA) is 27.7 Å². The van der Waals surface area contributed by atoms with Gasteiger partial charge >= 0.3 is 0 Å². The van der Waals surface area contributed by atoms with Crippen molar-refractivity contribution in [2.75, 3.05) is 19.8 Å². The molecule has 3 heteroatoms. The molecule has 0 saturated heterocycles. The zero-order valence-electron chi connectivity index (χ0n) is 11.7. The fraction of sp³-hybridized carbons (Fsp3) is 1.00. The summed E-state index contributed by atoms with van der Waals surface area (Å²) in [5.41, 5.74) is -0.0977. The van der Waals surface area contributed by atoms with Gasteiger partial charge in [-0.2, -0.15) is 0 Å². The molecule has 3 nitrogen and oxygen atoms in total. The summed E-state index contributed by atoms with van der Waals surface area (Å²) in [5, 5.41) is 0. The van der Waals surface area contributed by atoms with Gasteiger partial charge in [0.2, 0.25) is 0 Å². The monoisotopic (exact) mass is 232 g/mol. The Morgan fingerprint density at radius 3 is 2.06 bits per heavy atom. The lowest BCUT2D eigenvalue weighted by molar-refractivity contribution is -0.0996. The van der Waals surface area contributed by atoms with Gasteiger partial charge in [-0.1, -0.05) is 6.92 Å². The van der Waals surface area contributed by atoms with Crippen LogP contribution in [0.25, 0.3) is 0 Å². The maximum absolute atomic E-state index is 5.74. The van der Waals surface area contributed by atoms with Crippen LogP contribution in [0.15, 0.2) is 0 Å². The van der Waals surface area contributed by atoms with Crippen LogP contribution in [0.1, 0.15) is 48.0 Å². The van der Waals surface area contributed by atoms with Crippen molar-refractivity contribution in [3.63, 3.8) is 0 Å². The van der Waals surface area contributed by atoms with E-state index in [9.17, 15) is 0 Å². The van der Waals surface area contributed by atoms with Gasteiger partial charge in [0.25, 0.3) is 0 Å². The van der Waals surface area contributed by atoms with E-state index in [0.29, 0.717) is 13.2 Å². The molecule has 2 unspecified atom stereocenters. The average molecular weight is 232 g/mol. The highest BCUT2D eigenvalue weighted by Gasteiger charge is 2.14. The van der Waals surface area contributed by atoms with E-state index in [-0.39, 0.29) is 17.8 Å². The van der Waals surface area contributed by atoms with Gasteiger partial charge in [0.1, 0.15) is 0 Å². The number of rotatable bonds is 8. The second-order valence-corrected chi connectivity index (χ2v) is 5.26. The van der Waals surface area contributed by atoms with Crippen molar-refractivity contribution in [3.8, 4) is 0 Å². The highest BCUT2D eigenvalue weighted by Crippen LogP contribution is 2.09. The highest BCUT2D eigenvalue weighted by molar-refractivity contribution is 4.61. The molecular formula is C13H28O3. The molecular weight excluding hydrogens is 204 g/mol. The minimum atomic E-state index is -0.0977. The van der Waals surface area contributed by atoms with E-state index in [1.54, 1.807) is 0 Å². The highest BCUT2D eigenvalue weighted by atomic mass is 16.6. The van der Waals surface area contributed by atoms with Gasteiger partial charge in [-0.3, -0.25) is 0 Å². The fourth-order valence-corrected chi connectivity index (χ4v) is 1.24. The normalized spacial score (nSPS) is 16.1. The minimum absolute atomic E-state index is 0.0977. The Kier molecular flexibility index (Phi) is 7.98. The van der Waals surface area contributed by atoms with E-state index in [1.165, 1.54) is 0 Å². The molecule has 0 aromatic carbocycles. The summed E-state index contributed by atoms with van der Waals surface area (Å²) < 4.78 is 16.8. The molecule has 16 heavy (non-hydrogen) atoms. The van der Waals surface area contributed by atoms with Gasteiger partial charge in [-0.05, 0) is 41.0 Å². The van der Waals surface area contributed by atoms with Crippen molar-refractivity contribution in [3.05, 3.63) is 0 Å². The number of hydrogen-bond donors (Lipinski definition) is 0. The molecule has 0 aliphatic carbocycles. The van der Waals surface area contributed by atoms with Crippen molar-refractivity contribution >= 4 is 0 Å². The lowest BCUT2D eigenvalue weighted by Crippen LogP contribution is -2.29. The summed E-state index contributed by atoms with van der Waals surface area (Å²) in [5.74, 6) is 0. The van der Waals surface area contributed by atoms with Crippen LogP contribution in [-0.2, 0) is 14.2 Å². The predicted molar refractivity (Wildman–Crippen MR) is 66.8 cm³/mol. The first-order valence-electron chi connectivity index (χ1n) is 6.22. The average Bonchev–Trinajstić information content (AvgIpc) is 2.14. The summed E-state index contributed by atoms with van der Waals surface area (Å²) in [6.07, 6.45) is 1.29. The first-order valence-corrected chi connectivity index (χ1v) is 6.22. The van der Waals surface area contributed by atoms with E-state index in [2.05, 4.69) is 6.92 Å². The van der Waals surface area contributed by atoms with Crippen LogP contribution in [0.4, 0.5) is 0 Å².